The molecule has 1 amide bonds. The van der Waals surface area contributed by atoms with E-state index >= 15 is 0 Å². The van der Waals surface area contributed by atoms with E-state index in [4.69, 9.17) is 16.0 Å². The lowest BCUT2D eigenvalue weighted by Crippen LogP contribution is -2.31. The third-order valence-electron chi connectivity index (χ3n) is 3.28. The number of carbonyl (C=O) groups is 1. The summed E-state index contributed by atoms with van der Waals surface area (Å²) >= 11 is 5.85. The Morgan fingerprint density at radius 2 is 2.14 bits per heavy atom. The minimum atomic E-state index is -0.548. The van der Waals surface area contributed by atoms with Crippen LogP contribution in [0, 0.1) is 0 Å². The van der Waals surface area contributed by atoms with Crippen molar-refractivity contribution in [1.82, 2.24) is 9.88 Å². The molecule has 21 heavy (non-hydrogen) atoms. The summed E-state index contributed by atoms with van der Waals surface area (Å²) in [5, 5.41) is 3.31. The Morgan fingerprint density at radius 1 is 1.33 bits per heavy atom. The quantitative estimate of drug-likeness (QED) is 0.800. The lowest BCUT2D eigenvalue weighted by molar-refractivity contribution is -0.121. The fraction of sp³-hybridized carbons (Fsp3) is 0.467. The predicted molar refractivity (Wildman–Crippen MR) is 82.6 cm³/mol. The molecule has 114 valence electrons. The summed E-state index contributed by atoms with van der Waals surface area (Å²) in [6.45, 7) is 2.73. The molecule has 1 aromatic carbocycles. The van der Waals surface area contributed by atoms with Crippen LogP contribution in [-0.2, 0) is 11.3 Å². The molecule has 0 aliphatic carbocycles. The van der Waals surface area contributed by atoms with Crippen LogP contribution in [0.1, 0.15) is 32.6 Å². The summed E-state index contributed by atoms with van der Waals surface area (Å²) in [6, 6.07) is 4.91. The van der Waals surface area contributed by atoms with Crippen LogP contribution in [0.15, 0.2) is 27.4 Å². The molecule has 2 rings (SSSR count). The number of hydrogen-bond donors (Lipinski definition) is 1. The number of unbranched alkanes of at least 4 members (excludes halogenated alkanes) is 3. The average molecular weight is 311 g/mol. The second-order valence-electron chi connectivity index (χ2n) is 4.98. The van der Waals surface area contributed by atoms with Gasteiger partial charge in [0.1, 0.15) is 6.54 Å². The largest absolute Gasteiger partial charge is 0.420 e. The SMILES string of the molecule is CCCCCCNC(=O)Cn1c(=O)oc2cc(Cl)ccc21. The van der Waals surface area contributed by atoms with Crippen LogP contribution < -0.4 is 11.1 Å². The summed E-state index contributed by atoms with van der Waals surface area (Å²) in [5.41, 5.74) is 0.966. The van der Waals surface area contributed by atoms with Crippen molar-refractivity contribution in [1.29, 1.82) is 0 Å². The summed E-state index contributed by atoms with van der Waals surface area (Å²) < 4.78 is 6.39. The maximum absolute atomic E-state index is 11.9. The molecule has 6 heteroatoms. The molecule has 1 N–H and O–H groups in total. The minimum Gasteiger partial charge on any atom is -0.408 e. The highest BCUT2D eigenvalue weighted by Crippen LogP contribution is 2.18. The average Bonchev–Trinajstić information content (AvgIpc) is 2.74. The number of fused-ring (bicyclic) bond motifs is 1. The molecule has 0 saturated carbocycles. The lowest BCUT2D eigenvalue weighted by atomic mass is 10.2. The zero-order valence-corrected chi connectivity index (χ0v) is 12.8. The topological polar surface area (TPSA) is 64.2 Å². The highest BCUT2D eigenvalue weighted by molar-refractivity contribution is 6.31. The van der Waals surface area contributed by atoms with Gasteiger partial charge in [-0.25, -0.2) is 4.79 Å². The van der Waals surface area contributed by atoms with Crippen LogP contribution in [0.3, 0.4) is 0 Å². The van der Waals surface area contributed by atoms with Crippen LogP contribution in [0.4, 0.5) is 0 Å². The first kappa shape index (κ1) is 15.6. The van der Waals surface area contributed by atoms with E-state index in [0.29, 0.717) is 22.7 Å². The number of nitrogens with zero attached hydrogens (tertiary/aromatic N) is 1. The predicted octanol–water partition coefficient (Wildman–Crippen LogP) is 2.94. The molecular formula is C15H19ClN2O3. The van der Waals surface area contributed by atoms with Gasteiger partial charge in [-0.1, -0.05) is 37.8 Å². The number of amides is 1. The van der Waals surface area contributed by atoms with Gasteiger partial charge < -0.3 is 9.73 Å². The first-order valence-electron chi connectivity index (χ1n) is 7.17. The number of aromatic nitrogens is 1. The number of hydrogen-bond acceptors (Lipinski definition) is 3. The van der Waals surface area contributed by atoms with Crippen molar-refractivity contribution in [3.63, 3.8) is 0 Å². The van der Waals surface area contributed by atoms with Crippen molar-refractivity contribution < 1.29 is 9.21 Å². The Hall–Kier alpha value is -1.75. The number of carbonyl (C=O) groups excluding carboxylic acids is 1. The van der Waals surface area contributed by atoms with Gasteiger partial charge in [-0.2, -0.15) is 0 Å². The molecule has 0 spiro atoms. The lowest BCUT2D eigenvalue weighted by Gasteiger charge is -2.05. The van der Waals surface area contributed by atoms with Crippen molar-refractivity contribution in [2.45, 2.75) is 39.2 Å². The van der Waals surface area contributed by atoms with Crippen molar-refractivity contribution in [3.05, 3.63) is 33.8 Å². The molecule has 0 aliphatic rings. The second kappa shape index (κ2) is 7.31. The van der Waals surface area contributed by atoms with Crippen molar-refractivity contribution in [3.8, 4) is 0 Å². The Labute approximate surface area is 127 Å². The van der Waals surface area contributed by atoms with Crippen LogP contribution in [0.2, 0.25) is 5.02 Å². The molecule has 0 aliphatic heterocycles. The number of halogens is 1. The smallest absolute Gasteiger partial charge is 0.408 e. The van der Waals surface area contributed by atoms with Crippen LogP contribution in [0.25, 0.3) is 11.1 Å². The van der Waals surface area contributed by atoms with E-state index in [2.05, 4.69) is 12.2 Å². The van der Waals surface area contributed by atoms with Gasteiger partial charge in [0.25, 0.3) is 0 Å². The summed E-state index contributed by atoms with van der Waals surface area (Å²) in [4.78, 5) is 23.6. The van der Waals surface area contributed by atoms with Crippen LogP contribution in [-0.4, -0.2) is 17.0 Å². The van der Waals surface area contributed by atoms with Gasteiger partial charge >= 0.3 is 5.76 Å². The zero-order valence-electron chi connectivity index (χ0n) is 12.0. The van der Waals surface area contributed by atoms with E-state index in [1.54, 1.807) is 18.2 Å². The second-order valence-corrected chi connectivity index (χ2v) is 5.41. The first-order chi connectivity index (χ1) is 10.1. The molecule has 5 nitrogen and oxygen atoms in total. The number of benzene rings is 1. The molecule has 1 heterocycles. The fourth-order valence-corrected chi connectivity index (χ4v) is 2.33. The normalized spacial score (nSPS) is 11.0. The van der Waals surface area contributed by atoms with E-state index in [0.717, 1.165) is 19.3 Å². The fourth-order valence-electron chi connectivity index (χ4n) is 2.17. The van der Waals surface area contributed by atoms with E-state index in [1.807, 2.05) is 0 Å². The molecule has 1 aromatic heterocycles. The first-order valence-corrected chi connectivity index (χ1v) is 7.55. The molecule has 0 bridgehead atoms. The number of oxazole rings is 1. The third-order valence-corrected chi connectivity index (χ3v) is 3.52. The summed E-state index contributed by atoms with van der Waals surface area (Å²) in [7, 11) is 0. The Bertz CT molecular complexity index is 675. The van der Waals surface area contributed by atoms with Gasteiger partial charge in [-0.3, -0.25) is 9.36 Å². The van der Waals surface area contributed by atoms with Gasteiger partial charge in [-0.05, 0) is 18.6 Å². The molecule has 0 atom stereocenters. The van der Waals surface area contributed by atoms with Gasteiger partial charge in [-0.15, -0.1) is 0 Å². The highest BCUT2D eigenvalue weighted by Gasteiger charge is 2.12. The summed E-state index contributed by atoms with van der Waals surface area (Å²) in [5.74, 6) is -0.736. The van der Waals surface area contributed by atoms with E-state index in [-0.39, 0.29) is 12.5 Å². The monoisotopic (exact) mass is 310 g/mol. The standard InChI is InChI=1S/C15H19ClN2O3/c1-2-3-4-5-8-17-14(19)10-18-12-7-6-11(16)9-13(12)21-15(18)20/h6-7,9H,2-5,8,10H2,1H3,(H,17,19). The van der Waals surface area contributed by atoms with Crippen molar-refractivity contribution in [2.75, 3.05) is 6.54 Å². The van der Waals surface area contributed by atoms with Crippen LogP contribution >= 0.6 is 11.6 Å². The highest BCUT2D eigenvalue weighted by atomic mass is 35.5. The van der Waals surface area contributed by atoms with E-state index in [9.17, 15) is 9.59 Å². The van der Waals surface area contributed by atoms with Gasteiger partial charge in [0.05, 0.1) is 5.52 Å². The molecular weight excluding hydrogens is 292 g/mol. The van der Waals surface area contributed by atoms with Gasteiger partial charge in [0.2, 0.25) is 5.91 Å². The molecule has 0 fully saturated rings. The maximum atomic E-state index is 11.9. The molecule has 0 saturated heterocycles. The van der Waals surface area contributed by atoms with Crippen molar-refractivity contribution >= 4 is 28.6 Å². The Balaban J connectivity index is 1.98. The third kappa shape index (κ3) is 4.11. The van der Waals surface area contributed by atoms with E-state index in [1.165, 1.54) is 11.0 Å². The molecule has 2 aromatic rings. The van der Waals surface area contributed by atoms with Gasteiger partial charge in [0.15, 0.2) is 5.58 Å². The van der Waals surface area contributed by atoms with Crippen LogP contribution in [0.5, 0.6) is 0 Å². The van der Waals surface area contributed by atoms with Gasteiger partial charge in [0, 0.05) is 17.6 Å². The van der Waals surface area contributed by atoms with E-state index < -0.39 is 5.76 Å². The Morgan fingerprint density at radius 3 is 2.90 bits per heavy atom. The Kier molecular flexibility index (Phi) is 5.44. The summed E-state index contributed by atoms with van der Waals surface area (Å²) in [6.07, 6.45) is 4.38. The molecule has 0 radical (unpaired) electrons. The minimum absolute atomic E-state index is 0.0404. The zero-order chi connectivity index (χ0) is 15.2. The molecule has 0 unspecified atom stereocenters. The number of nitrogens with one attached hydrogen (secondary N) is 1. The maximum Gasteiger partial charge on any atom is 0.420 e. The van der Waals surface area contributed by atoms with Crippen molar-refractivity contribution in [2.24, 2.45) is 0 Å². The number of rotatable bonds is 7.